The second kappa shape index (κ2) is 2.20. The molecule has 2 aliphatic rings. The van der Waals surface area contributed by atoms with Gasteiger partial charge in [-0.05, 0) is 18.3 Å². The van der Waals surface area contributed by atoms with Crippen molar-refractivity contribution in [2.75, 3.05) is 0 Å². The monoisotopic (exact) mass is 196 g/mol. The molecule has 4 unspecified atom stereocenters. The molecule has 0 aromatic heterocycles. The van der Waals surface area contributed by atoms with E-state index in [0.717, 1.165) is 0 Å². The maximum absolute atomic E-state index is 13.1. The lowest BCUT2D eigenvalue weighted by atomic mass is 9.77. The number of rotatable bonds is 0. The quantitative estimate of drug-likeness (QED) is 0.522. The van der Waals surface area contributed by atoms with Gasteiger partial charge in [-0.15, -0.1) is 0 Å². The number of hydrogen-bond donors (Lipinski definition) is 0. The van der Waals surface area contributed by atoms with E-state index in [-0.39, 0.29) is 18.3 Å². The summed E-state index contributed by atoms with van der Waals surface area (Å²) < 4.78 is 52.4. The SMILES string of the molecule is CC1C(C)C2CC1C(F)(F)C2(F)F. The maximum atomic E-state index is 13.1. The van der Waals surface area contributed by atoms with Crippen LogP contribution in [0, 0.1) is 23.7 Å². The predicted molar refractivity (Wildman–Crippen MR) is 39.8 cm³/mol. The summed E-state index contributed by atoms with van der Waals surface area (Å²) in [5, 5.41) is 0. The van der Waals surface area contributed by atoms with Crippen molar-refractivity contribution in [3.8, 4) is 0 Å². The van der Waals surface area contributed by atoms with Crippen LogP contribution in [0.4, 0.5) is 17.6 Å². The molecule has 2 aliphatic carbocycles. The van der Waals surface area contributed by atoms with E-state index in [4.69, 9.17) is 0 Å². The number of alkyl halides is 4. The fraction of sp³-hybridized carbons (Fsp3) is 1.00. The summed E-state index contributed by atoms with van der Waals surface area (Å²) in [6.07, 6.45) is -0.0116. The molecular formula is C9H12F4. The van der Waals surface area contributed by atoms with E-state index in [2.05, 4.69) is 0 Å². The summed E-state index contributed by atoms with van der Waals surface area (Å²) in [6.45, 7) is 3.30. The van der Waals surface area contributed by atoms with E-state index in [1.807, 2.05) is 0 Å². The van der Waals surface area contributed by atoms with Crippen LogP contribution in [0.5, 0.6) is 0 Å². The van der Waals surface area contributed by atoms with Crippen LogP contribution < -0.4 is 0 Å². The van der Waals surface area contributed by atoms with Crippen LogP contribution in [-0.4, -0.2) is 11.8 Å². The van der Waals surface area contributed by atoms with Crippen molar-refractivity contribution in [1.82, 2.24) is 0 Å². The molecule has 0 radical (unpaired) electrons. The van der Waals surface area contributed by atoms with Gasteiger partial charge in [0.15, 0.2) is 0 Å². The van der Waals surface area contributed by atoms with Crippen LogP contribution in [0.25, 0.3) is 0 Å². The minimum Gasteiger partial charge on any atom is -0.200 e. The Balaban J connectivity index is 2.40. The Morgan fingerprint density at radius 1 is 0.846 bits per heavy atom. The Kier molecular flexibility index (Phi) is 1.57. The standard InChI is InChI=1S/C9H12F4/c1-4-5(2)7-3-6(4)8(10,11)9(7,12)13/h4-7H,3H2,1-2H3. The van der Waals surface area contributed by atoms with Gasteiger partial charge in [-0.3, -0.25) is 0 Å². The minimum atomic E-state index is -3.77. The first-order chi connectivity index (χ1) is 5.80. The summed E-state index contributed by atoms with van der Waals surface area (Å²) in [6, 6.07) is 0. The maximum Gasteiger partial charge on any atom is 0.313 e. The average molecular weight is 196 g/mol. The van der Waals surface area contributed by atoms with Crippen LogP contribution >= 0.6 is 0 Å². The lowest BCUT2D eigenvalue weighted by molar-refractivity contribution is -0.253. The molecule has 0 spiro atoms. The minimum absolute atomic E-state index is 0.0116. The van der Waals surface area contributed by atoms with Crippen LogP contribution in [0.15, 0.2) is 0 Å². The molecule has 4 atom stereocenters. The average Bonchev–Trinajstić information content (AvgIpc) is 2.36. The fourth-order valence-corrected chi connectivity index (χ4v) is 2.89. The molecule has 0 amide bonds. The van der Waals surface area contributed by atoms with Crippen molar-refractivity contribution in [2.45, 2.75) is 32.1 Å². The molecule has 2 rings (SSSR count). The summed E-state index contributed by atoms with van der Waals surface area (Å²) in [5.74, 6) is -10.3. The molecule has 0 aromatic carbocycles. The molecule has 2 bridgehead atoms. The van der Waals surface area contributed by atoms with E-state index in [1.54, 1.807) is 13.8 Å². The van der Waals surface area contributed by atoms with E-state index in [1.165, 1.54) is 0 Å². The van der Waals surface area contributed by atoms with E-state index in [0.29, 0.717) is 0 Å². The zero-order valence-electron chi connectivity index (χ0n) is 7.53. The van der Waals surface area contributed by atoms with Crippen LogP contribution in [0.2, 0.25) is 0 Å². The smallest absolute Gasteiger partial charge is 0.200 e. The third kappa shape index (κ3) is 0.821. The Morgan fingerprint density at radius 3 is 1.38 bits per heavy atom. The predicted octanol–water partition coefficient (Wildman–Crippen LogP) is 3.18. The molecule has 0 aromatic rings. The van der Waals surface area contributed by atoms with Gasteiger partial charge in [-0.2, -0.15) is 17.6 Å². The van der Waals surface area contributed by atoms with Crippen LogP contribution in [0.1, 0.15) is 20.3 Å². The van der Waals surface area contributed by atoms with E-state index >= 15 is 0 Å². The van der Waals surface area contributed by atoms with Crippen molar-refractivity contribution in [2.24, 2.45) is 23.7 Å². The van der Waals surface area contributed by atoms with Gasteiger partial charge < -0.3 is 0 Å². The lowest BCUT2D eigenvalue weighted by Crippen LogP contribution is -2.50. The van der Waals surface area contributed by atoms with Crippen LogP contribution in [0.3, 0.4) is 0 Å². The highest BCUT2D eigenvalue weighted by Gasteiger charge is 2.76. The Morgan fingerprint density at radius 2 is 1.15 bits per heavy atom. The molecule has 0 aliphatic heterocycles. The molecule has 76 valence electrons. The summed E-state index contributed by atoms with van der Waals surface area (Å²) in [5.41, 5.74) is 0. The molecule has 13 heavy (non-hydrogen) atoms. The zero-order valence-corrected chi connectivity index (χ0v) is 7.53. The van der Waals surface area contributed by atoms with Gasteiger partial charge in [0.2, 0.25) is 0 Å². The van der Waals surface area contributed by atoms with Gasteiger partial charge in [0, 0.05) is 11.8 Å². The van der Waals surface area contributed by atoms with Gasteiger partial charge in [0.25, 0.3) is 0 Å². The third-order valence-electron chi connectivity index (χ3n) is 3.98. The number of fused-ring (bicyclic) bond motifs is 2. The van der Waals surface area contributed by atoms with E-state index < -0.39 is 23.7 Å². The summed E-state index contributed by atoms with van der Waals surface area (Å²) in [4.78, 5) is 0. The highest BCUT2D eigenvalue weighted by Crippen LogP contribution is 2.66. The molecule has 0 nitrogen and oxygen atoms in total. The molecule has 0 saturated heterocycles. The summed E-state index contributed by atoms with van der Waals surface area (Å²) in [7, 11) is 0. The molecule has 2 fully saturated rings. The molecule has 2 saturated carbocycles. The van der Waals surface area contributed by atoms with Crippen molar-refractivity contribution < 1.29 is 17.6 Å². The molecule has 0 heterocycles. The Labute approximate surface area is 74.3 Å². The van der Waals surface area contributed by atoms with Gasteiger partial charge in [0.1, 0.15) is 0 Å². The second-order valence-electron chi connectivity index (χ2n) is 4.41. The Hall–Kier alpha value is -0.280. The Bertz CT molecular complexity index is 212. The fourth-order valence-electron chi connectivity index (χ4n) is 2.89. The first-order valence-electron chi connectivity index (χ1n) is 4.55. The second-order valence-corrected chi connectivity index (χ2v) is 4.41. The molecular weight excluding hydrogens is 184 g/mol. The largest absolute Gasteiger partial charge is 0.313 e. The van der Waals surface area contributed by atoms with Crippen LogP contribution in [-0.2, 0) is 0 Å². The highest BCUT2D eigenvalue weighted by molar-refractivity contribution is 5.12. The van der Waals surface area contributed by atoms with Gasteiger partial charge in [0.05, 0.1) is 0 Å². The number of hydrogen-bond acceptors (Lipinski definition) is 0. The first kappa shape index (κ1) is 9.28. The lowest BCUT2D eigenvalue weighted by Gasteiger charge is -2.37. The van der Waals surface area contributed by atoms with Gasteiger partial charge in [-0.1, -0.05) is 13.8 Å². The van der Waals surface area contributed by atoms with Gasteiger partial charge in [-0.25, -0.2) is 0 Å². The molecule has 4 heteroatoms. The third-order valence-corrected chi connectivity index (χ3v) is 3.98. The normalized spacial score (nSPS) is 51.2. The van der Waals surface area contributed by atoms with Gasteiger partial charge >= 0.3 is 11.8 Å². The summed E-state index contributed by atoms with van der Waals surface area (Å²) >= 11 is 0. The number of halogens is 4. The first-order valence-corrected chi connectivity index (χ1v) is 4.55. The van der Waals surface area contributed by atoms with Crippen molar-refractivity contribution >= 4 is 0 Å². The zero-order chi connectivity index (χ0) is 10.0. The van der Waals surface area contributed by atoms with Crippen molar-refractivity contribution in [3.05, 3.63) is 0 Å². The van der Waals surface area contributed by atoms with Crippen molar-refractivity contribution in [3.63, 3.8) is 0 Å². The van der Waals surface area contributed by atoms with Crippen molar-refractivity contribution in [1.29, 1.82) is 0 Å². The topological polar surface area (TPSA) is 0 Å². The molecule has 0 N–H and O–H groups in total. The van der Waals surface area contributed by atoms with E-state index in [9.17, 15) is 17.6 Å². The highest BCUT2D eigenvalue weighted by atomic mass is 19.3.